The van der Waals surface area contributed by atoms with E-state index < -0.39 is 0 Å². The molecule has 15 heavy (non-hydrogen) atoms. The van der Waals surface area contributed by atoms with Gasteiger partial charge in [-0.15, -0.1) is 6.42 Å². The summed E-state index contributed by atoms with van der Waals surface area (Å²) in [5.41, 5.74) is 3.90. The SMILES string of the molecule is C#CC(C)NC(C)c1cc(C)cc(C)c1. The molecule has 0 aliphatic rings. The summed E-state index contributed by atoms with van der Waals surface area (Å²) < 4.78 is 0. The molecule has 1 aromatic carbocycles. The predicted octanol–water partition coefficient (Wildman–Crippen LogP) is 2.98. The highest BCUT2D eigenvalue weighted by Crippen LogP contribution is 2.16. The molecule has 0 heterocycles. The Balaban J connectivity index is 2.82. The zero-order valence-corrected chi connectivity index (χ0v) is 9.96. The number of aryl methyl sites for hydroxylation is 2. The van der Waals surface area contributed by atoms with Crippen molar-refractivity contribution in [3.05, 3.63) is 34.9 Å². The van der Waals surface area contributed by atoms with Crippen molar-refractivity contribution in [1.29, 1.82) is 0 Å². The van der Waals surface area contributed by atoms with E-state index in [1.54, 1.807) is 0 Å². The number of benzene rings is 1. The molecule has 2 unspecified atom stereocenters. The Kier molecular flexibility index (Phi) is 3.94. The average molecular weight is 201 g/mol. The molecular formula is C14H19N. The second kappa shape index (κ2) is 5.00. The number of nitrogens with one attached hydrogen (secondary N) is 1. The molecule has 1 nitrogen and oxygen atoms in total. The van der Waals surface area contributed by atoms with Gasteiger partial charge in [0.2, 0.25) is 0 Å². The summed E-state index contributed by atoms with van der Waals surface area (Å²) in [5.74, 6) is 2.68. The van der Waals surface area contributed by atoms with Crippen molar-refractivity contribution in [2.45, 2.75) is 39.8 Å². The summed E-state index contributed by atoms with van der Waals surface area (Å²) in [6.07, 6.45) is 5.35. The van der Waals surface area contributed by atoms with Gasteiger partial charge in [-0.3, -0.25) is 5.32 Å². The van der Waals surface area contributed by atoms with Gasteiger partial charge in [-0.2, -0.15) is 0 Å². The normalized spacial score (nSPS) is 14.3. The van der Waals surface area contributed by atoms with E-state index in [1.807, 2.05) is 6.92 Å². The molecule has 1 N–H and O–H groups in total. The largest absolute Gasteiger partial charge is 0.297 e. The van der Waals surface area contributed by atoms with E-state index >= 15 is 0 Å². The van der Waals surface area contributed by atoms with Gasteiger partial charge in [0.15, 0.2) is 0 Å². The third-order valence-electron chi connectivity index (χ3n) is 2.49. The van der Waals surface area contributed by atoms with E-state index in [0.717, 1.165) is 0 Å². The summed E-state index contributed by atoms with van der Waals surface area (Å²) in [5, 5.41) is 3.36. The molecule has 2 atom stereocenters. The molecule has 0 amide bonds. The number of hydrogen-bond acceptors (Lipinski definition) is 1. The molecule has 0 bridgehead atoms. The van der Waals surface area contributed by atoms with Gasteiger partial charge in [-0.1, -0.05) is 35.2 Å². The van der Waals surface area contributed by atoms with Crippen LogP contribution in [0.15, 0.2) is 18.2 Å². The van der Waals surface area contributed by atoms with Crippen LogP contribution in [0.1, 0.15) is 36.6 Å². The Morgan fingerprint density at radius 2 is 1.67 bits per heavy atom. The summed E-state index contributed by atoms with van der Waals surface area (Å²) in [7, 11) is 0. The summed E-state index contributed by atoms with van der Waals surface area (Å²) in [6.45, 7) is 8.38. The van der Waals surface area contributed by atoms with Gasteiger partial charge in [0.05, 0.1) is 6.04 Å². The molecule has 1 heteroatoms. The van der Waals surface area contributed by atoms with E-state index in [-0.39, 0.29) is 6.04 Å². The van der Waals surface area contributed by atoms with E-state index in [9.17, 15) is 0 Å². The van der Waals surface area contributed by atoms with Crippen LogP contribution in [0.5, 0.6) is 0 Å². The molecule has 0 aromatic heterocycles. The Morgan fingerprint density at radius 1 is 1.13 bits per heavy atom. The summed E-state index contributed by atoms with van der Waals surface area (Å²) >= 11 is 0. The first-order valence-electron chi connectivity index (χ1n) is 5.33. The molecule has 0 saturated carbocycles. The van der Waals surface area contributed by atoms with Gasteiger partial charge >= 0.3 is 0 Å². The van der Waals surface area contributed by atoms with Crippen LogP contribution in [0.2, 0.25) is 0 Å². The van der Waals surface area contributed by atoms with E-state index in [0.29, 0.717) is 6.04 Å². The summed E-state index contributed by atoms with van der Waals surface area (Å²) in [4.78, 5) is 0. The number of hydrogen-bond donors (Lipinski definition) is 1. The quantitative estimate of drug-likeness (QED) is 0.741. The Bertz CT molecular complexity index is 353. The van der Waals surface area contributed by atoms with Gasteiger partial charge in [0, 0.05) is 6.04 Å². The topological polar surface area (TPSA) is 12.0 Å². The molecule has 0 fully saturated rings. The highest BCUT2D eigenvalue weighted by atomic mass is 14.9. The highest BCUT2D eigenvalue weighted by molar-refractivity contribution is 5.30. The molecule has 1 aromatic rings. The van der Waals surface area contributed by atoms with Crippen LogP contribution in [0.4, 0.5) is 0 Å². The van der Waals surface area contributed by atoms with Crippen molar-refractivity contribution in [1.82, 2.24) is 5.32 Å². The van der Waals surface area contributed by atoms with Crippen LogP contribution >= 0.6 is 0 Å². The number of terminal acetylenes is 1. The van der Waals surface area contributed by atoms with Crippen molar-refractivity contribution in [3.63, 3.8) is 0 Å². The lowest BCUT2D eigenvalue weighted by Gasteiger charge is -2.17. The monoisotopic (exact) mass is 201 g/mol. The first-order chi connectivity index (χ1) is 7.02. The second-order valence-electron chi connectivity index (χ2n) is 4.20. The molecule has 0 spiro atoms. The summed E-state index contributed by atoms with van der Waals surface area (Å²) in [6, 6.07) is 7.00. The highest BCUT2D eigenvalue weighted by Gasteiger charge is 2.07. The first kappa shape index (κ1) is 11.8. The molecule has 1 rings (SSSR count). The fourth-order valence-electron chi connectivity index (χ4n) is 1.78. The van der Waals surface area contributed by atoms with Crippen LogP contribution in [-0.4, -0.2) is 6.04 Å². The fraction of sp³-hybridized carbons (Fsp3) is 0.429. The van der Waals surface area contributed by atoms with Crippen molar-refractivity contribution in [2.75, 3.05) is 0 Å². The Morgan fingerprint density at radius 3 is 2.13 bits per heavy atom. The number of rotatable bonds is 3. The van der Waals surface area contributed by atoms with Gasteiger partial charge < -0.3 is 0 Å². The Hall–Kier alpha value is -1.26. The van der Waals surface area contributed by atoms with E-state index in [1.165, 1.54) is 16.7 Å². The van der Waals surface area contributed by atoms with Crippen LogP contribution in [-0.2, 0) is 0 Å². The lowest BCUT2D eigenvalue weighted by molar-refractivity contribution is 0.546. The molecular weight excluding hydrogens is 182 g/mol. The lowest BCUT2D eigenvalue weighted by atomic mass is 10.0. The van der Waals surface area contributed by atoms with Crippen molar-refractivity contribution in [2.24, 2.45) is 0 Å². The van der Waals surface area contributed by atoms with E-state index in [2.05, 4.69) is 50.2 Å². The zero-order chi connectivity index (χ0) is 11.4. The average Bonchev–Trinajstić information content (AvgIpc) is 2.16. The van der Waals surface area contributed by atoms with E-state index in [4.69, 9.17) is 6.42 Å². The third-order valence-corrected chi connectivity index (χ3v) is 2.49. The Labute approximate surface area is 92.9 Å². The van der Waals surface area contributed by atoms with Gasteiger partial charge in [-0.05, 0) is 33.3 Å². The zero-order valence-electron chi connectivity index (χ0n) is 9.96. The second-order valence-corrected chi connectivity index (χ2v) is 4.20. The van der Waals surface area contributed by atoms with Crippen LogP contribution in [0, 0.1) is 26.2 Å². The first-order valence-corrected chi connectivity index (χ1v) is 5.33. The predicted molar refractivity (Wildman–Crippen MR) is 65.8 cm³/mol. The maximum Gasteiger partial charge on any atom is 0.0662 e. The van der Waals surface area contributed by atoms with Crippen LogP contribution < -0.4 is 5.32 Å². The molecule has 0 aliphatic heterocycles. The lowest BCUT2D eigenvalue weighted by Crippen LogP contribution is -2.27. The van der Waals surface area contributed by atoms with Crippen molar-refractivity contribution >= 4 is 0 Å². The standard InChI is InChI=1S/C14H19N/c1-6-12(4)15-13(5)14-8-10(2)7-11(3)9-14/h1,7-9,12-13,15H,2-5H3. The minimum atomic E-state index is 0.112. The smallest absolute Gasteiger partial charge is 0.0662 e. The minimum absolute atomic E-state index is 0.112. The van der Waals surface area contributed by atoms with Gasteiger partial charge in [0.25, 0.3) is 0 Å². The molecule has 0 saturated heterocycles. The minimum Gasteiger partial charge on any atom is -0.297 e. The van der Waals surface area contributed by atoms with Gasteiger partial charge in [0.1, 0.15) is 0 Å². The van der Waals surface area contributed by atoms with Crippen LogP contribution in [0.3, 0.4) is 0 Å². The van der Waals surface area contributed by atoms with Crippen molar-refractivity contribution in [3.8, 4) is 12.3 Å². The molecule has 0 aliphatic carbocycles. The van der Waals surface area contributed by atoms with Crippen molar-refractivity contribution < 1.29 is 0 Å². The molecule has 80 valence electrons. The third kappa shape index (κ3) is 3.42. The molecule has 0 radical (unpaired) electrons. The maximum absolute atomic E-state index is 5.35. The fourth-order valence-corrected chi connectivity index (χ4v) is 1.78. The maximum atomic E-state index is 5.35. The van der Waals surface area contributed by atoms with Gasteiger partial charge in [-0.25, -0.2) is 0 Å². The van der Waals surface area contributed by atoms with Crippen LogP contribution in [0.25, 0.3) is 0 Å².